The maximum atomic E-state index is 11.9. The molecule has 1 aromatic rings. The van der Waals surface area contributed by atoms with E-state index >= 15 is 0 Å². The maximum Gasteiger partial charge on any atom is 0.407 e. The predicted octanol–water partition coefficient (Wildman–Crippen LogP) is 4.21. The van der Waals surface area contributed by atoms with Gasteiger partial charge in [-0.3, -0.25) is 0 Å². The Morgan fingerprint density at radius 3 is 2.84 bits per heavy atom. The molecule has 0 bridgehead atoms. The van der Waals surface area contributed by atoms with Crippen LogP contribution in [0.25, 0.3) is 0 Å². The Balaban J connectivity index is 1.67. The Morgan fingerprint density at radius 1 is 1.36 bits per heavy atom. The van der Waals surface area contributed by atoms with E-state index < -0.39 is 5.60 Å². The number of nitrogens with zero attached hydrogens (tertiary/aromatic N) is 1. The Kier molecular flexibility index (Phi) is 7.56. The molecule has 6 heteroatoms. The number of hydrogen-bond donors (Lipinski definition) is 1. The van der Waals surface area contributed by atoms with Crippen LogP contribution >= 0.6 is 15.9 Å². The molecule has 1 amide bonds. The fourth-order valence-corrected chi connectivity index (χ4v) is 3.28. The number of amides is 1. The van der Waals surface area contributed by atoms with Crippen molar-refractivity contribution in [2.45, 2.75) is 51.7 Å². The zero-order valence-electron chi connectivity index (χ0n) is 15.4. The standard InChI is InChI=1S/C19H29BrN2O3/c1-19(2,3)25-18(23)21-15-8-6-11-22(14-15)12-7-13-24-17-10-5-4-9-16(17)20/h4-5,9-10,15H,6-8,11-14H2,1-3H3,(H,21,23)/t15-/m1/s1. The van der Waals surface area contributed by atoms with Crippen molar-refractivity contribution in [1.82, 2.24) is 10.2 Å². The SMILES string of the molecule is CC(C)(C)OC(=O)N[C@@H]1CCCN(CCCOc2ccccc2Br)C1. The van der Waals surface area contributed by atoms with E-state index in [9.17, 15) is 4.79 Å². The van der Waals surface area contributed by atoms with Gasteiger partial charge in [0, 0.05) is 19.1 Å². The number of carbonyl (C=O) groups is 1. The summed E-state index contributed by atoms with van der Waals surface area (Å²) >= 11 is 3.49. The van der Waals surface area contributed by atoms with Crippen molar-refractivity contribution in [3.05, 3.63) is 28.7 Å². The highest BCUT2D eigenvalue weighted by Gasteiger charge is 2.23. The third-order valence-electron chi connectivity index (χ3n) is 3.94. The molecule has 25 heavy (non-hydrogen) atoms. The Labute approximate surface area is 159 Å². The number of piperidine rings is 1. The number of alkyl carbamates (subject to hydrolysis) is 1. The number of ether oxygens (including phenoxy) is 2. The highest BCUT2D eigenvalue weighted by molar-refractivity contribution is 9.10. The van der Waals surface area contributed by atoms with Gasteiger partial charge in [-0.2, -0.15) is 0 Å². The smallest absolute Gasteiger partial charge is 0.407 e. The van der Waals surface area contributed by atoms with Crippen LogP contribution in [0.3, 0.4) is 0 Å². The number of benzene rings is 1. The first-order valence-electron chi connectivity index (χ1n) is 8.93. The van der Waals surface area contributed by atoms with Gasteiger partial charge in [-0.15, -0.1) is 0 Å². The summed E-state index contributed by atoms with van der Waals surface area (Å²) in [6.45, 7) is 9.23. The average molecular weight is 413 g/mol. The first-order chi connectivity index (χ1) is 11.8. The molecule has 0 aromatic heterocycles. The summed E-state index contributed by atoms with van der Waals surface area (Å²) in [5.74, 6) is 0.880. The van der Waals surface area contributed by atoms with Gasteiger partial charge in [0.2, 0.25) is 0 Å². The van der Waals surface area contributed by atoms with Crippen LogP contribution in [-0.4, -0.2) is 48.9 Å². The van der Waals surface area contributed by atoms with Crippen LogP contribution in [0.2, 0.25) is 0 Å². The van der Waals surface area contributed by atoms with E-state index in [1.807, 2.05) is 45.0 Å². The number of para-hydroxylation sites is 1. The van der Waals surface area contributed by atoms with Gasteiger partial charge in [-0.05, 0) is 74.6 Å². The van der Waals surface area contributed by atoms with Crippen LogP contribution < -0.4 is 10.1 Å². The Bertz CT molecular complexity index is 560. The molecule has 0 spiro atoms. The van der Waals surface area contributed by atoms with E-state index in [-0.39, 0.29) is 12.1 Å². The van der Waals surface area contributed by atoms with Crippen molar-refractivity contribution in [3.8, 4) is 5.75 Å². The third-order valence-corrected chi connectivity index (χ3v) is 4.59. The van der Waals surface area contributed by atoms with Gasteiger partial charge < -0.3 is 19.7 Å². The summed E-state index contributed by atoms with van der Waals surface area (Å²) < 4.78 is 12.1. The lowest BCUT2D eigenvalue weighted by Gasteiger charge is -2.33. The third kappa shape index (κ3) is 7.65. The molecule has 0 unspecified atom stereocenters. The van der Waals surface area contributed by atoms with Crippen molar-refractivity contribution in [3.63, 3.8) is 0 Å². The lowest BCUT2D eigenvalue weighted by molar-refractivity contribution is 0.0471. The van der Waals surface area contributed by atoms with Crippen LogP contribution in [-0.2, 0) is 4.74 Å². The minimum Gasteiger partial charge on any atom is -0.492 e. The molecule has 0 radical (unpaired) electrons. The fraction of sp³-hybridized carbons (Fsp3) is 0.632. The second-order valence-corrected chi connectivity index (χ2v) is 8.27. The zero-order valence-corrected chi connectivity index (χ0v) is 17.0. The summed E-state index contributed by atoms with van der Waals surface area (Å²) in [6.07, 6.45) is 2.73. The van der Waals surface area contributed by atoms with E-state index in [0.29, 0.717) is 6.61 Å². The largest absolute Gasteiger partial charge is 0.492 e. The molecule has 5 nitrogen and oxygen atoms in total. The van der Waals surface area contributed by atoms with Gasteiger partial charge in [0.25, 0.3) is 0 Å². The fourth-order valence-electron chi connectivity index (χ4n) is 2.88. The lowest BCUT2D eigenvalue weighted by Crippen LogP contribution is -2.49. The van der Waals surface area contributed by atoms with E-state index in [4.69, 9.17) is 9.47 Å². The van der Waals surface area contributed by atoms with Gasteiger partial charge in [0.15, 0.2) is 0 Å². The molecular weight excluding hydrogens is 384 g/mol. The molecule has 1 N–H and O–H groups in total. The van der Waals surface area contributed by atoms with Crippen LogP contribution in [0.15, 0.2) is 28.7 Å². The van der Waals surface area contributed by atoms with Gasteiger partial charge in [0.1, 0.15) is 11.4 Å². The molecular formula is C19H29BrN2O3. The van der Waals surface area contributed by atoms with Gasteiger partial charge >= 0.3 is 6.09 Å². The molecule has 1 aromatic carbocycles. The van der Waals surface area contributed by atoms with Gasteiger partial charge in [-0.1, -0.05) is 12.1 Å². The minimum atomic E-state index is -0.457. The number of halogens is 1. The highest BCUT2D eigenvalue weighted by Crippen LogP contribution is 2.23. The van der Waals surface area contributed by atoms with Crippen molar-refractivity contribution in [2.24, 2.45) is 0 Å². The first-order valence-corrected chi connectivity index (χ1v) is 9.72. The Morgan fingerprint density at radius 2 is 2.12 bits per heavy atom. The molecule has 1 aliphatic rings. The number of rotatable bonds is 6. The average Bonchev–Trinajstić information content (AvgIpc) is 2.51. The van der Waals surface area contributed by atoms with Crippen LogP contribution in [0.5, 0.6) is 5.75 Å². The Hall–Kier alpha value is -1.27. The summed E-state index contributed by atoms with van der Waals surface area (Å²) in [7, 11) is 0. The number of likely N-dealkylation sites (tertiary alicyclic amines) is 1. The molecule has 1 fully saturated rings. The predicted molar refractivity (Wildman–Crippen MR) is 103 cm³/mol. The zero-order chi connectivity index (χ0) is 18.3. The molecule has 1 aliphatic heterocycles. The van der Waals surface area contributed by atoms with E-state index in [2.05, 4.69) is 26.1 Å². The molecule has 1 atom stereocenters. The summed E-state index contributed by atoms with van der Waals surface area (Å²) in [4.78, 5) is 14.3. The molecule has 0 saturated carbocycles. The highest BCUT2D eigenvalue weighted by atomic mass is 79.9. The quantitative estimate of drug-likeness (QED) is 0.710. The first kappa shape index (κ1) is 20.0. The van der Waals surface area contributed by atoms with E-state index in [0.717, 1.165) is 49.1 Å². The van der Waals surface area contributed by atoms with Gasteiger partial charge in [0.05, 0.1) is 11.1 Å². The molecule has 1 heterocycles. The van der Waals surface area contributed by atoms with Crippen molar-refractivity contribution < 1.29 is 14.3 Å². The topological polar surface area (TPSA) is 50.8 Å². The lowest BCUT2D eigenvalue weighted by atomic mass is 10.1. The monoisotopic (exact) mass is 412 g/mol. The molecule has 1 saturated heterocycles. The van der Waals surface area contributed by atoms with Crippen molar-refractivity contribution in [2.75, 3.05) is 26.2 Å². The minimum absolute atomic E-state index is 0.160. The van der Waals surface area contributed by atoms with Crippen LogP contribution in [0, 0.1) is 0 Å². The molecule has 2 rings (SSSR count). The molecule has 140 valence electrons. The van der Waals surface area contributed by atoms with Crippen molar-refractivity contribution >= 4 is 22.0 Å². The van der Waals surface area contributed by atoms with Crippen LogP contribution in [0.1, 0.15) is 40.0 Å². The second kappa shape index (κ2) is 9.43. The van der Waals surface area contributed by atoms with Crippen molar-refractivity contribution in [1.29, 1.82) is 0 Å². The summed E-state index contributed by atoms with van der Waals surface area (Å²) in [5.41, 5.74) is -0.457. The number of nitrogens with one attached hydrogen (secondary N) is 1. The maximum absolute atomic E-state index is 11.9. The van der Waals surface area contributed by atoms with E-state index in [1.54, 1.807) is 0 Å². The van der Waals surface area contributed by atoms with Gasteiger partial charge in [-0.25, -0.2) is 4.79 Å². The second-order valence-electron chi connectivity index (χ2n) is 7.42. The number of hydrogen-bond acceptors (Lipinski definition) is 4. The normalized spacial score (nSPS) is 18.6. The number of carbonyl (C=O) groups excluding carboxylic acids is 1. The summed E-state index contributed by atoms with van der Waals surface area (Å²) in [6, 6.07) is 8.05. The van der Waals surface area contributed by atoms with Crippen LogP contribution in [0.4, 0.5) is 4.79 Å². The van der Waals surface area contributed by atoms with E-state index in [1.165, 1.54) is 0 Å². The molecule has 0 aliphatic carbocycles. The summed E-state index contributed by atoms with van der Waals surface area (Å²) in [5, 5.41) is 2.99.